The molecular formula is C41H85N3O13S8. The molecule has 0 aliphatic carbocycles. The number of nitrogens with zero attached hydrogens (tertiary/aromatic N) is 3. The van der Waals surface area contributed by atoms with Crippen LogP contribution in [0.2, 0.25) is 0 Å². The monoisotopic (exact) mass is 1080 g/mol. The Balaban J connectivity index is -0.0000000954. The van der Waals surface area contributed by atoms with Crippen LogP contribution in [-0.4, -0.2) is 183 Å². The van der Waals surface area contributed by atoms with Gasteiger partial charge in [0, 0.05) is 82.5 Å². The summed E-state index contributed by atoms with van der Waals surface area (Å²) in [4.78, 5) is 88.9. The summed E-state index contributed by atoms with van der Waals surface area (Å²) in [7, 11) is 12.4. The number of esters is 5. The van der Waals surface area contributed by atoms with Crippen LogP contribution in [0.3, 0.4) is 0 Å². The molecule has 24 heteroatoms. The lowest BCUT2D eigenvalue weighted by molar-refractivity contribution is -0.143. The van der Waals surface area contributed by atoms with E-state index in [2.05, 4.69) is 125 Å². The van der Waals surface area contributed by atoms with Crippen LogP contribution >= 0.6 is 101 Å². The van der Waals surface area contributed by atoms with Crippen molar-refractivity contribution in [3.8, 4) is 0 Å². The van der Waals surface area contributed by atoms with E-state index in [0.29, 0.717) is 62.4 Å². The molecule has 0 radical (unpaired) electrons. The number of thiol groups is 8. The SMILES string of the molecule is CC(S)C(=O)N(C)C.CC(S)CC(=O)N(C)C.CCN(CC)C(=O)CCS.CCOC(=O)CCS.COC(=O)C(C)S.COC(=O)CC(C)S.COC(=O)CCCS.COC(=O)CCS. The first kappa shape index (κ1) is 80.6. The van der Waals surface area contributed by atoms with E-state index in [1.165, 1.54) is 33.3 Å². The van der Waals surface area contributed by atoms with Crippen molar-refractivity contribution in [2.75, 3.05) is 99.3 Å². The van der Waals surface area contributed by atoms with Crippen LogP contribution in [0, 0.1) is 0 Å². The number of amides is 3. The number of carbonyl (C=O) groups excluding carboxylic acids is 8. The fraction of sp³-hybridized carbons (Fsp3) is 0.805. The zero-order chi connectivity index (χ0) is 53.1. The fourth-order valence-electron chi connectivity index (χ4n) is 2.98. The second kappa shape index (κ2) is 60.6. The zero-order valence-corrected chi connectivity index (χ0v) is 48.6. The number of hydrogen-bond donors (Lipinski definition) is 8. The molecule has 0 aromatic heterocycles. The molecule has 0 bridgehead atoms. The second-order valence-electron chi connectivity index (χ2n) is 12.8. The fourth-order valence-corrected chi connectivity index (χ4v) is 4.33. The summed E-state index contributed by atoms with van der Waals surface area (Å²) < 4.78 is 21.9. The van der Waals surface area contributed by atoms with Crippen molar-refractivity contribution in [3.05, 3.63) is 0 Å². The third-order valence-electron chi connectivity index (χ3n) is 6.37. The molecular weight excluding hydrogens is 999 g/mol. The van der Waals surface area contributed by atoms with E-state index >= 15 is 0 Å². The first-order valence-electron chi connectivity index (χ1n) is 20.4. The van der Waals surface area contributed by atoms with Crippen molar-refractivity contribution < 1.29 is 62.0 Å². The van der Waals surface area contributed by atoms with Gasteiger partial charge < -0.3 is 38.4 Å². The minimum Gasteiger partial charge on any atom is -0.469 e. The third-order valence-corrected chi connectivity index (χ3v) is 8.16. The number of methoxy groups -OCH3 is 4. The first-order valence-corrected chi connectivity index (χ1v) is 25.0. The first-order chi connectivity index (χ1) is 30.1. The van der Waals surface area contributed by atoms with Crippen LogP contribution in [0.5, 0.6) is 0 Å². The average Bonchev–Trinajstić information content (AvgIpc) is 3.23. The number of carbonyl (C=O) groups is 8. The number of hydrogen-bond acceptors (Lipinski definition) is 21. The Bertz CT molecular complexity index is 1160. The van der Waals surface area contributed by atoms with E-state index in [1.54, 1.807) is 53.9 Å². The number of ether oxygens (including phenoxy) is 5. The predicted octanol–water partition coefficient (Wildman–Crippen LogP) is 5.91. The largest absolute Gasteiger partial charge is 0.469 e. The summed E-state index contributed by atoms with van der Waals surface area (Å²) in [6.45, 7) is 15.0. The highest BCUT2D eigenvalue weighted by Crippen LogP contribution is 2.01. The Morgan fingerprint density at radius 3 is 1.06 bits per heavy atom. The summed E-state index contributed by atoms with van der Waals surface area (Å²) in [5.41, 5.74) is 0. The van der Waals surface area contributed by atoms with E-state index in [1.807, 2.05) is 32.6 Å². The maximum atomic E-state index is 11.1. The average molecular weight is 1080 g/mol. The number of rotatable bonds is 18. The quantitative estimate of drug-likeness (QED) is 0.0460. The lowest BCUT2D eigenvalue weighted by Gasteiger charge is -2.17. The van der Waals surface area contributed by atoms with Crippen molar-refractivity contribution in [2.24, 2.45) is 0 Å². The highest BCUT2D eigenvalue weighted by molar-refractivity contribution is 7.82. The molecule has 65 heavy (non-hydrogen) atoms. The van der Waals surface area contributed by atoms with Gasteiger partial charge in [-0.05, 0) is 52.5 Å². The van der Waals surface area contributed by atoms with Crippen LogP contribution in [-0.2, 0) is 62.0 Å². The van der Waals surface area contributed by atoms with Gasteiger partial charge in [-0.1, -0.05) is 13.8 Å². The molecule has 0 N–H and O–H groups in total. The van der Waals surface area contributed by atoms with Crippen LogP contribution < -0.4 is 0 Å². The van der Waals surface area contributed by atoms with Crippen LogP contribution in [0.25, 0.3) is 0 Å². The molecule has 0 spiro atoms. The van der Waals surface area contributed by atoms with Gasteiger partial charge in [0.05, 0.1) is 64.8 Å². The lowest BCUT2D eigenvalue weighted by atomic mass is 10.3. The van der Waals surface area contributed by atoms with Gasteiger partial charge in [-0.2, -0.15) is 101 Å². The molecule has 4 unspecified atom stereocenters. The van der Waals surface area contributed by atoms with Gasteiger partial charge in [-0.3, -0.25) is 38.4 Å². The Hall–Kier alpha value is -1.44. The molecule has 0 aliphatic heterocycles. The summed E-state index contributed by atoms with van der Waals surface area (Å²) in [6, 6.07) is 0. The van der Waals surface area contributed by atoms with E-state index in [-0.39, 0.29) is 68.6 Å². The summed E-state index contributed by atoms with van der Waals surface area (Å²) in [5, 5.41) is -0.211. The van der Waals surface area contributed by atoms with E-state index in [9.17, 15) is 38.4 Å². The maximum absolute atomic E-state index is 11.1. The third kappa shape index (κ3) is 77.1. The molecule has 0 rings (SSSR count). The normalized spacial score (nSPS) is 10.9. The molecule has 0 aromatic carbocycles. The lowest BCUT2D eigenvalue weighted by Crippen LogP contribution is -2.30. The molecule has 3 amide bonds. The minimum atomic E-state index is -0.301. The highest BCUT2D eigenvalue weighted by Gasteiger charge is 2.09. The highest BCUT2D eigenvalue weighted by atomic mass is 32.1. The molecule has 0 fully saturated rings. The topological polar surface area (TPSA) is 192 Å². The summed E-state index contributed by atoms with van der Waals surface area (Å²) in [5.74, 6) is 1.91. The van der Waals surface area contributed by atoms with E-state index < -0.39 is 0 Å². The van der Waals surface area contributed by atoms with Crippen LogP contribution in [0.1, 0.15) is 93.4 Å². The van der Waals surface area contributed by atoms with Crippen LogP contribution in [0.15, 0.2) is 0 Å². The Kier molecular flexibility index (Phi) is 75.1. The van der Waals surface area contributed by atoms with Gasteiger partial charge in [0.25, 0.3) is 0 Å². The van der Waals surface area contributed by atoms with Gasteiger partial charge >= 0.3 is 29.8 Å². The van der Waals surface area contributed by atoms with Gasteiger partial charge in [0.15, 0.2) is 0 Å². The molecule has 0 saturated carbocycles. The predicted molar refractivity (Wildman–Crippen MR) is 292 cm³/mol. The van der Waals surface area contributed by atoms with Crippen molar-refractivity contribution in [3.63, 3.8) is 0 Å². The van der Waals surface area contributed by atoms with Gasteiger partial charge in [-0.25, -0.2) is 0 Å². The van der Waals surface area contributed by atoms with E-state index in [0.717, 1.165) is 25.3 Å². The summed E-state index contributed by atoms with van der Waals surface area (Å²) in [6.07, 6.45) is 3.58. The minimum absolute atomic E-state index is 0.0494. The second-order valence-corrected chi connectivity index (χ2v) is 18.0. The molecule has 0 aromatic rings. The molecule has 4 atom stereocenters. The molecule has 390 valence electrons. The molecule has 0 aliphatic rings. The Morgan fingerprint density at radius 1 is 0.477 bits per heavy atom. The summed E-state index contributed by atoms with van der Waals surface area (Å²) >= 11 is 31.4. The van der Waals surface area contributed by atoms with Crippen molar-refractivity contribution in [1.82, 2.24) is 14.7 Å². The Labute approximate surface area is 436 Å². The smallest absolute Gasteiger partial charge is 0.318 e. The maximum Gasteiger partial charge on any atom is 0.318 e. The van der Waals surface area contributed by atoms with Crippen molar-refractivity contribution >= 4 is 149 Å². The van der Waals surface area contributed by atoms with Crippen LogP contribution in [0.4, 0.5) is 0 Å². The van der Waals surface area contributed by atoms with Crippen molar-refractivity contribution in [1.29, 1.82) is 0 Å². The molecule has 0 heterocycles. The zero-order valence-electron chi connectivity index (χ0n) is 41.4. The van der Waals surface area contributed by atoms with Gasteiger partial charge in [0.2, 0.25) is 17.7 Å². The molecule has 0 saturated heterocycles. The molecule has 16 nitrogen and oxygen atoms in total. The standard InChI is InChI=1S/C7H15NOS.C6H13NOS.C5H11NOS.3C5H10O2S.2C4H8O2S/c1-3-8(4-2)7(9)5-6-10;1-5(9)4-6(8)7(2)3;1-4(8)5(7)6(2)3;1-4(8)3-5(6)7-2;1-7-5(6)3-2-4-8;1-2-7-5(6)3-4-8;1-6-4(5)2-3-7;1-3(7)4(5)6-2/h10H,3-6H2,1-2H3;5,9H,4H2,1-3H3;4,8H,1-3H3;4,8H,3H2,1-2H3;2*8H,2-4H2,1H3;7H,2-3H2,1H3;3,7H,1-2H3. The van der Waals surface area contributed by atoms with Crippen molar-refractivity contribution in [2.45, 2.75) is 114 Å². The Morgan fingerprint density at radius 2 is 0.877 bits per heavy atom. The van der Waals surface area contributed by atoms with Gasteiger partial charge in [-0.15, -0.1) is 0 Å². The van der Waals surface area contributed by atoms with E-state index in [4.69, 9.17) is 0 Å². The van der Waals surface area contributed by atoms with Gasteiger partial charge in [0.1, 0.15) is 0 Å².